The van der Waals surface area contributed by atoms with Crippen molar-refractivity contribution < 1.29 is 17.6 Å². The van der Waals surface area contributed by atoms with Crippen molar-refractivity contribution in [2.75, 3.05) is 5.43 Å². The predicted molar refractivity (Wildman–Crippen MR) is 68.5 cm³/mol. The van der Waals surface area contributed by atoms with E-state index in [4.69, 9.17) is 5.84 Å². The third-order valence-electron chi connectivity index (χ3n) is 2.79. The van der Waals surface area contributed by atoms with Gasteiger partial charge in [0.2, 0.25) is 0 Å². The molecule has 0 radical (unpaired) electrons. The molecule has 0 aliphatic heterocycles. The summed E-state index contributed by atoms with van der Waals surface area (Å²) in [5.74, 6) is 4.36. The minimum atomic E-state index is -4.56. The highest BCUT2D eigenvalue weighted by atomic mass is 19.4. The van der Waals surface area contributed by atoms with Crippen molar-refractivity contribution in [2.45, 2.75) is 12.6 Å². The molecule has 0 saturated heterocycles. The molecule has 2 aromatic carbocycles. The number of hydrogen-bond acceptors (Lipinski definition) is 2. The van der Waals surface area contributed by atoms with Gasteiger partial charge in [0.05, 0.1) is 5.56 Å². The van der Waals surface area contributed by atoms with E-state index < -0.39 is 17.6 Å². The zero-order chi connectivity index (χ0) is 14.8. The molecule has 106 valence electrons. The molecule has 0 unspecified atom stereocenters. The zero-order valence-corrected chi connectivity index (χ0v) is 10.3. The Kier molecular flexibility index (Phi) is 3.94. The van der Waals surface area contributed by atoms with E-state index in [1.165, 1.54) is 0 Å². The molecule has 2 nitrogen and oxygen atoms in total. The van der Waals surface area contributed by atoms with Crippen LogP contribution in [0.5, 0.6) is 0 Å². The molecule has 0 atom stereocenters. The van der Waals surface area contributed by atoms with E-state index in [1.807, 2.05) is 0 Å². The maximum Gasteiger partial charge on any atom is 0.416 e. The van der Waals surface area contributed by atoms with Crippen LogP contribution < -0.4 is 11.3 Å². The first-order valence-corrected chi connectivity index (χ1v) is 5.81. The average molecular weight is 284 g/mol. The van der Waals surface area contributed by atoms with Crippen LogP contribution in [0.1, 0.15) is 16.7 Å². The van der Waals surface area contributed by atoms with Gasteiger partial charge in [-0.05, 0) is 47.9 Å². The van der Waals surface area contributed by atoms with Crippen LogP contribution in [0.3, 0.4) is 0 Å². The van der Waals surface area contributed by atoms with Crippen molar-refractivity contribution in [3.8, 4) is 0 Å². The van der Waals surface area contributed by atoms with Crippen molar-refractivity contribution >= 4 is 5.69 Å². The third-order valence-corrected chi connectivity index (χ3v) is 2.79. The number of rotatable bonds is 3. The maximum absolute atomic E-state index is 13.3. The first-order valence-electron chi connectivity index (χ1n) is 5.81. The molecule has 3 N–H and O–H groups in total. The van der Waals surface area contributed by atoms with Gasteiger partial charge in [0.25, 0.3) is 0 Å². The number of hydrazine groups is 1. The van der Waals surface area contributed by atoms with Crippen LogP contribution in [0.25, 0.3) is 0 Å². The molecule has 0 saturated carbocycles. The van der Waals surface area contributed by atoms with E-state index >= 15 is 0 Å². The Morgan fingerprint density at radius 3 is 2.40 bits per heavy atom. The van der Waals surface area contributed by atoms with E-state index in [1.54, 1.807) is 24.3 Å². The largest absolute Gasteiger partial charge is 0.416 e. The lowest BCUT2D eigenvalue weighted by molar-refractivity contribution is -0.137. The summed E-state index contributed by atoms with van der Waals surface area (Å²) in [5.41, 5.74) is 3.09. The Balaban J connectivity index is 2.31. The molecule has 2 rings (SSSR count). The van der Waals surface area contributed by atoms with Gasteiger partial charge in [0.1, 0.15) is 5.82 Å². The Morgan fingerprint density at radius 2 is 1.75 bits per heavy atom. The quantitative estimate of drug-likeness (QED) is 0.512. The lowest BCUT2D eigenvalue weighted by atomic mass is 10.0. The summed E-state index contributed by atoms with van der Waals surface area (Å²) in [5, 5.41) is 0. The van der Waals surface area contributed by atoms with Gasteiger partial charge in [-0.25, -0.2) is 4.39 Å². The van der Waals surface area contributed by atoms with Crippen LogP contribution in [-0.4, -0.2) is 0 Å². The molecule has 0 aliphatic carbocycles. The summed E-state index contributed by atoms with van der Waals surface area (Å²) in [6.07, 6.45) is -4.37. The number of halogens is 4. The number of nitrogen functional groups attached to an aromatic ring is 1. The normalized spacial score (nSPS) is 11.4. The summed E-state index contributed by atoms with van der Waals surface area (Å²) < 4.78 is 51.1. The van der Waals surface area contributed by atoms with Crippen molar-refractivity contribution in [1.82, 2.24) is 0 Å². The molecular weight excluding hydrogens is 272 g/mol. The second-order valence-electron chi connectivity index (χ2n) is 4.37. The molecule has 6 heteroatoms. The van der Waals surface area contributed by atoms with Crippen LogP contribution in [0, 0.1) is 5.82 Å². The molecule has 0 amide bonds. The van der Waals surface area contributed by atoms with E-state index in [0.29, 0.717) is 11.8 Å². The van der Waals surface area contributed by atoms with Gasteiger partial charge >= 0.3 is 6.18 Å². The number of nitrogens with two attached hydrogens (primary N) is 1. The summed E-state index contributed by atoms with van der Waals surface area (Å²) in [7, 11) is 0. The smallest absolute Gasteiger partial charge is 0.324 e. The monoisotopic (exact) mass is 284 g/mol. The molecular formula is C14H12F4N2. The van der Waals surface area contributed by atoms with Crippen LogP contribution in [0.4, 0.5) is 23.2 Å². The molecule has 0 aliphatic rings. The lowest BCUT2D eigenvalue weighted by Gasteiger charge is -2.10. The number of benzene rings is 2. The fourth-order valence-electron chi connectivity index (χ4n) is 1.92. The SMILES string of the molecule is NNc1cccc(Cc2cc(F)cc(C(F)(F)F)c2)c1. The number of anilines is 1. The zero-order valence-electron chi connectivity index (χ0n) is 10.3. The second-order valence-corrected chi connectivity index (χ2v) is 4.37. The maximum atomic E-state index is 13.3. The summed E-state index contributed by atoms with van der Waals surface area (Å²) in [6.45, 7) is 0. The van der Waals surface area contributed by atoms with E-state index in [2.05, 4.69) is 5.43 Å². The molecule has 0 spiro atoms. The number of alkyl halides is 3. The topological polar surface area (TPSA) is 38.0 Å². The highest BCUT2D eigenvalue weighted by Gasteiger charge is 2.31. The predicted octanol–water partition coefficient (Wildman–Crippen LogP) is 3.72. The van der Waals surface area contributed by atoms with Gasteiger partial charge in [-0.1, -0.05) is 12.1 Å². The van der Waals surface area contributed by atoms with Crippen LogP contribution in [0.2, 0.25) is 0 Å². The molecule has 0 aromatic heterocycles. The Hall–Kier alpha value is -2.08. The van der Waals surface area contributed by atoms with Gasteiger partial charge in [0, 0.05) is 5.69 Å². The Bertz CT molecular complexity index is 608. The standard InChI is InChI=1S/C14H12F4N2/c15-12-6-10(5-11(8-12)14(16,17)18)4-9-2-1-3-13(7-9)20-19/h1-3,5-8,20H,4,19H2. The van der Waals surface area contributed by atoms with Gasteiger partial charge in [0.15, 0.2) is 0 Å². The van der Waals surface area contributed by atoms with Gasteiger partial charge in [-0.3, -0.25) is 5.84 Å². The molecule has 0 bridgehead atoms. The van der Waals surface area contributed by atoms with Crippen LogP contribution in [0.15, 0.2) is 42.5 Å². The molecule has 0 heterocycles. The molecule has 20 heavy (non-hydrogen) atoms. The fourth-order valence-corrected chi connectivity index (χ4v) is 1.92. The summed E-state index contributed by atoms with van der Waals surface area (Å²) in [4.78, 5) is 0. The van der Waals surface area contributed by atoms with E-state index in [9.17, 15) is 17.6 Å². The number of nitrogens with one attached hydrogen (secondary N) is 1. The van der Waals surface area contributed by atoms with Gasteiger partial charge in [-0.15, -0.1) is 0 Å². The third kappa shape index (κ3) is 3.48. The molecule has 2 aromatic rings. The van der Waals surface area contributed by atoms with Crippen LogP contribution in [-0.2, 0) is 12.6 Å². The molecule has 0 fully saturated rings. The average Bonchev–Trinajstić information content (AvgIpc) is 2.37. The highest BCUT2D eigenvalue weighted by molar-refractivity contribution is 5.45. The van der Waals surface area contributed by atoms with Gasteiger partial charge in [-0.2, -0.15) is 13.2 Å². The van der Waals surface area contributed by atoms with Crippen LogP contribution >= 0.6 is 0 Å². The minimum Gasteiger partial charge on any atom is -0.324 e. The van der Waals surface area contributed by atoms with Crippen molar-refractivity contribution in [2.24, 2.45) is 5.84 Å². The Morgan fingerprint density at radius 1 is 1.00 bits per heavy atom. The summed E-state index contributed by atoms with van der Waals surface area (Å²) >= 11 is 0. The first-order chi connectivity index (χ1) is 9.38. The minimum absolute atomic E-state index is 0.191. The van der Waals surface area contributed by atoms with E-state index in [0.717, 1.165) is 17.7 Å². The second kappa shape index (κ2) is 5.50. The first kappa shape index (κ1) is 14.3. The highest BCUT2D eigenvalue weighted by Crippen LogP contribution is 2.31. The van der Waals surface area contributed by atoms with Crippen molar-refractivity contribution in [1.29, 1.82) is 0 Å². The van der Waals surface area contributed by atoms with Crippen molar-refractivity contribution in [3.05, 3.63) is 65.0 Å². The van der Waals surface area contributed by atoms with Crippen molar-refractivity contribution in [3.63, 3.8) is 0 Å². The fraction of sp³-hybridized carbons (Fsp3) is 0.143. The van der Waals surface area contributed by atoms with Gasteiger partial charge < -0.3 is 5.43 Å². The van der Waals surface area contributed by atoms with E-state index in [-0.39, 0.29) is 12.0 Å². The summed E-state index contributed by atoms with van der Waals surface area (Å²) in [6, 6.07) is 9.40. The number of hydrogen-bond donors (Lipinski definition) is 2. The Labute approximate surface area is 113 Å². The lowest BCUT2D eigenvalue weighted by Crippen LogP contribution is -2.07.